The van der Waals surface area contributed by atoms with Gasteiger partial charge >= 0.3 is 0 Å². The molecule has 1 amide bonds. The Morgan fingerprint density at radius 2 is 2.45 bits per heavy atom. The Hall–Kier alpha value is -1.29. The molecule has 0 atom stereocenters. The molecule has 11 heavy (non-hydrogen) atoms. The lowest BCUT2D eigenvalue weighted by atomic mass is 10.4. The molecule has 60 valence electrons. The molecule has 0 aliphatic heterocycles. The van der Waals surface area contributed by atoms with Crippen LogP contribution in [0.25, 0.3) is 0 Å². The zero-order chi connectivity index (χ0) is 8.27. The van der Waals surface area contributed by atoms with Crippen molar-refractivity contribution in [2.45, 2.75) is 13.2 Å². The van der Waals surface area contributed by atoms with Gasteiger partial charge in [0.25, 0.3) is 0 Å². The van der Waals surface area contributed by atoms with Gasteiger partial charge < -0.3 is 15.4 Å². The third-order valence-corrected chi connectivity index (χ3v) is 1.41. The molecule has 0 unspecified atom stereocenters. The molecule has 3 N–H and O–H groups in total. The van der Waals surface area contributed by atoms with E-state index in [1.807, 2.05) is 0 Å². The minimum atomic E-state index is -0.407. The van der Waals surface area contributed by atoms with Crippen molar-refractivity contribution in [1.29, 1.82) is 0 Å². The second-order valence-corrected chi connectivity index (χ2v) is 2.25. The number of hydrogen-bond acceptors (Lipinski definition) is 2. The van der Waals surface area contributed by atoms with Gasteiger partial charge in [-0.2, -0.15) is 0 Å². The van der Waals surface area contributed by atoms with Crippen LogP contribution in [-0.2, 0) is 17.9 Å². The summed E-state index contributed by atoms with van der Waals surface area (Å²) >= 11 is 0. The Kier molecular flexibility index (Phi) is 2.28. The van der Waals surface area contributed by atoms with E-state index >= 15 is 0 Å². The first-order valence-electron chi connectivity index (χ1n) is 3.27. The number of aromatic nitrogens is 1. The maximum atomic E-state index is 10.5. The molecule has 0 aromatic carbocycles. The average molecular weight is 154 g/mol. The van der Waals surface area contributed by atoms with Crippen molar-refractivity contribution in [3.05, 3.63) is 24.0 Å². The number of nitrogens with zero attached hydrogens (tertiary/aromatic N) is 1. The highest BCUT2D eigenvalue weighted by Gasteiger charge is 2.00. The lowest BCUT2D eigenvalue weighted by Gasteiger charge is -2.02. The fraction of sp³-hybridized carbons (Fsp3) is 0.286. The molecule has 0 aliphatic carbocycles. The molecule has 1 rings (SSSR count). The van der Waals surface area contributed by atoms with Gasteiger partial charge in [0, 0.05) is 11.9 Å². The van der Waals surface area contributed by atoms with Gasteiger partial charge in [0.15, 0.2) is 0 Å². The van der Waals surface area contributed by atoms with E-state index in [0.717, 1.165) is 0 Å². The van der Waals surface area contributed by atoms with Crippen molar-refractivity contribution in [2.75, 3.05) is 0 Å². The lowest BCUT2D eigenvalue weighted by molar-refractivity contribution is -0.118. The summed E-state index contributed by atoms with van der Waals surface area (Å²) < 4.78 is 1.61. The van der Waals surface area contributed by atoms with Crippen LogP contribution < -0.4 is 5.73 Å². The summed E-state index contributed by atoms with van der Waals surface area (Å²) in [4.78, 5) is 10.5. The van der Waals surface area contributed by atoms with Gasteiger partial charge in [0.2, 0.25) is 5.91 Å². The topological polar surface area (TPSA) is 68.2 Å². The molecule has 4 heteroatoms. The van der Waals surface area contributed by atoms with Crippen molar-refractivity contribution in [1.82, 2.24) is 4.57 Å². The van der Waals surface area contributed by atoms with E-state index in [1.165, 1.54) is 0 Å². The summed E-state index contributed by atoms with van der Waals surface area (Å²) in [7, 11) is 0. The molecule has 0 radical (unpaired) electrons. The van der Waals surface area contributed by atoms with E-state index in [1.54, 1.807) is 22.9 Å². The molecule has 0 aliphatic rings. The highest BCUT2D eigenvalue weighted by atomic mass is 16.3. The number of amides is 1. The van der Waals surface area contributed by atoms with E-state index in [-0.39, 0.29) is 13.2 Å². The summed E-state index contributed by atoms with van der Waals surface area (Å²) in [6.07, 6.45) is 1.70. The highest BCUT2D eigenvalue weighted by Crippen LogP contribution is 2.00. The van der Waals surface area contributed by atoms with Crippen LogP contribution in [0, 0.1) is 0 Å². The molecule has 0 fully saturated rings. The maximum absolute atomic E-state index is 10.5. The standard InChI is InChI=1S/C7H10N2O2/c8-7(11)4-9-3-1-2-6(9)5-10/h1-3,10H,4-5H2,(H2,8,11). The molecule has 0 saturated carbocycles. The minimum Gasteiger partial charge on any atom is -0.390 e. The number of carbonyl (C=O) groups excluding carboxylic acids is 1. The molecule has 1 aromatic rings. The monoisotopic (exact) mass is 154 g/mol. The molecule has 1 aromatic heterocycles. The van der Waals surface area contributed by atoms with Gasteiger partial charge in [-0.25, -0.2) is 0 Å². The molecular weight excluding hydrogens is 144 g/mol. The van der Waals surface area contributed by atoms with Gasteiger partial charge in [-0.3, -0.25) is 4.79 Å². The molecule has 4 nitrogen and oxygen atoms in total. The molecule has 0 bridgehead atoms. The number of rotatable bonds is 3. The third-order valence-electron chi connectivity index (χ3n) is 1.41. The molecular formula is C7H10N2O2. The van der Waals surface area contributed by atoms with Crippen molar-refractivity contribution in [3.63, 3.8) is 0 Å². The Morgan fingerprint density at radius 3 is 3.00 bits per heavy atom. The van der Waals surface area contributed by atoms with Crippen LogP contribution in [0.1, 0.15) is 5.69 Å². The molecule has 1 heterocycles. The van der Waals surface area contributed by atoms with E-state index in [9.17, 15) is 4.79 Å². The second-order valence-electron chi connectivity index (χ2n) is 2.25. The molecule has 0 spiro atoms. The number of nitrogens with two attached hydrogens (primary N) is 1. The lowest BCUT2D eigenvalue weighted by Crippen LogP contribution is -2.19. The van der Waals surface area contributed by atoms with Crippen LogP contribution in [0.4, 0.5) is 0 Å². The average Bonchev–Trinajstić information content (AvgIpc) is 2.34. The highest BCUT2D eigenvalue weighted by molar-refractivity contribution is 5.73. The fourth-order valence-corrected chi connectivity index (χ4v) is 0.915. The number of carbonyl (C=O) groups is 1. The first kappa shape index (κ1) is 7.81. The molecule has 0 saturated heterocycles. The van der Waals surface area contributed by atoms with Crippen molar-refractivity contribution < 1.29 is 9.90 Å². The van der Waals surface area contributed by atoms with Crippen LogP contribution >= 0.6 is 0 Å². The van der Waals surface area contributed by atoms with Crippen molar-refractivity contribution >= 4 is 5.91 Å². The van der Waals surface area contributed by atoms with Gasteiger partial charge in [0.05, 0.1) is 6.61 Å². The summed E-state index contributed by atoms with van der Waals surface area (Å²) in [5.41, 5.74) is 5.66. The van der Waals surface area contributed by atoms with Gasteiger partial charge in [-0.05, 0) is 12.1 Å². The predicted octanol–water partition coefficient (Wildman–Crippen LogP) is -0.534. The summed E-state index contributed by atoms with van der Waals surface area (Å²) in [5.74, 6) is -0.407. The predicted molar refractivity (Wildman–Crippen MR) is 39.5 cm³/mol. The Labute approximate surface area is 64.2 Å². The van der Waals surface area contributed by atoms with E-state index in [0.29, 0.717) is 5.69 Å². The first-order valence-corrected chi connectivity index (χ1v) is 3.27. The van der Waals surface area contributed by atoms with E-state index < -0.39 is 5.91 Å². The Bertz CT molecular complexity index is 255. The normalized spacial score (nSPS) is 9.91. The smallest absolute Gasteiger partial charge is 0.237 e. The summed E-state index contributed by atoms with van der Waals surface area (Å²) in [6.45, 7) is 0.0587. The Morgan fingerprint density at radius 1 is 1.73 bits per heavy atom. The maximum Gasteiger partial charge on any atom is 0.237 e. The number of hydrogen-bond donors (Lipinski definition) is 2. The third kappa shape index (κ3) is 1.81. The van der Waals surface area contributed by atoms with Gasteiger partial charge in [0.1, 0.15) is 6.54 Å². The summed E-state index contributed by atoms with van der Waals surface area (Å²) in [5, 5.41) is 8.75. The zero-order valence-corrected chi connectivity index (χ0v) is 6.03. The van der Waals surface area contributed by atoms with Crippen molar-refractivity contribution in [2.24, 2.45) is 5.73 Å². The number of aliphatic hydroxyl groups is 1. The second kappa shape index (κ2) is 3.21. The largest absolute Gasteiger partial charge is 0.390 e. The minimum absolute atomic E-state index is 0.0692. The quantitative estimate of drug-likeness (QED) is 0.614. The van der Waals surface area contributed by atoms with Gasteiger partial charge in [-0.15, -0.1) is 0 Å². The van der Waals surface area contributed by atoms with Crippen LogP contribution in [0.5, 0.6) is 0 Å². The first-order chi connectivity index (χ1) is 5.24. The number of aliphatic hydroxyl groups excluding tert-OH is 1. The van der Waals surface area contributed by atoms with Crippen molar-refractivity contribution in [3.8, 4) is 0 Å². The zero-order valence-electron chi connectivity index (χ0n) is 6.03. The Balaban J connectivity index is 2.76. The fourth-order valence-electron chi connectivity index (χ4n) is 0.915. The van der Waals surface area contributed by atoms with E-state index in [2.05, 4.69) is 0 Å². The van der Waals surface area contributed by atoms with Crippen LogP contribution in [0.3, 0.4) is 0 Å². The van der Waals surface area contributed by atoms with Crippen LogP contribution in [0.2, 0.25) is 0 Å². The van der Waals surface area contributed by atoms with Crippen LogP contribution in [0.15, 0.2) is 18.3 Å². The van der Waals surface area contributed by atoms with Gasteiger partial charge in [-0.1, -0.05) is 0 Å². The summed E-state index contributed by atoms with van der Waals surface area (Å²) in [6, 6.07) is 3.50. The SMILES string of the molecule is NC(=O)Cn1cccc1CO. The van der Waals surface area contributed by atoms with Crippen LogP contribution in [-0.4, -0.2) is 15.6 Å². The van der Waals surface area contributed by atoms with E-state index in [4.69, 9.17) is 10.8 Å². The number of primary amides is 1.